The molecule has 0 atom stereocenters. The van der Waals surface area contributed by atoms with Gasteiger partial charge in [-0.25, -0.2) is 4.98 Å². The van der Waals surface area contributed by atoms with Crippen LogP contribution >= 0.6 is 18.7 Å². The Balaban J connectivity index is 1.71. The van der Waals surface area contributed by atoms with Gasteiger partial charge in [0.15, 0.2) is 5.82 Å². The number of aromatic nitrogens is 2. The van der Waals surface area contributed by atoms with Crippen molar-refractivity contribution in [2.45, 2.75) is 38.9 Å². The number of fused-ring (bicyclic) bond motifs is 1. The molecule has 0 spiro atoms. The topological polar surface area (TPSA) is 78.4 Å². The molecule has 12 heteroatoms. The lowest BCUT2D eigenvalue weighted by Gasteiger charge is -2.44. The number of para-hydroxylation sites is 1. The fourth-order valence-corrected chi connectivity index (χ4v) is 6.17. The highest BCUT2D eigenvalue weighted by atomic mass is 35.5. The molecule has 208 valence electrons. The number of alkyl halides is 3. The highest BCUT2D eigenvalue weighted by Crippen LogP contribution is 2.41. The Morgan fingerprint density at radius 3 is 2.54 bits per heavy atom. The molecule has 1 aliphatic rings. The van der Waals surface area contributed by atoms with Gasteiger partial charge < -0.3 is 19.7 Å². The molecule has 3 aromatic rings. The van der Waals surface area contributed by atoms with Crippen molar-refractivity contribution in [1.82, 2.24) is 14.9 Å². The van der Waals surface area contributed by atoms with E-state index in [4.69, 9.17) is 11.6 Å². The maximum Gasteiger partial charge on any atom is 0.471 e. The SMILES string of the molecule is CCN(c1ccc2c(c1)C(C)(C)N(C(=O)C(F)(F)F)CC2)c1ncc(Cl)c(Nc2ccccc2P(C)(C)=O)n1. The number of nitrogens with zero attached hydrogens (tertiary/aromatic N) is 4. The fourth-order valence-electron chi connectivity index (χ4n) is 4.88. The summed E-state index contributed by atoms with van der Waals surface area (Å²) in [5.74, 6) is -1.22. The first kappa shape index (κ1) is 28.9. The predicted octanol–water partition coefficient (Wildman–Crippen LogP) is 6.46. The quantitative estimate of drug-likeness (QED) is 0.338. The molecule has 1 N–H and O–H groups in total. The summed E-state index contributed by atoms with van der Waals surface area (Å²) in [6.45, 7) is 8.92. The Kier molecular flexibility index (Phi) is 7.76. The molecule has 0 radical (unpaired) electrons. The molecule has 0 fully saturated rings. The molecule has 2 heterocycles. The maximum absolute atomic E-state index is 13.3. The third-order valence-electron chi connectivity index (χ3n) is 6.86. The Bertz CT molecular complexity index is 1460. The van der Waals surface area contributed by atoms with Crippen molar-refractivity contribution in [1.29, 1.82) is 0 Å². The molecule has 7 nitrogen and oxygen atoms in total. The second kappa shape index (κ2) is 10.5. The number of rotatable bonds is 6. The molecule has 39 heavy (non-hydrogen) atoms. The van der Waals surface area contributed by atoms with Crippen LogP contribution in [0.2, 0.25) is 5.02 Å². The summed E-state index contributed by atoms with van der Waals surface area (Å²) >= 11 is 6.42. The van der Waals surface area contributed by atoms with E-state index >= 15 is 0 Å². The minimum atomic E-state index is -4.95. The van der Waals surface area contributed by atoms with Crippen LogP contribution in [-0.4, -0.2) is 53.4 Å². The van der Waals surface area contributed by atoms with Gasteiger partial charge in [0.1, 0.15) is 12.2 Å². The third kappa shape index (κ3) is 5.77. The smallest absolute Gasteiger partial charge is 0.338 e. The second-order valence-corrected chi connectivity index (χ2v) is 13.8. The van der Waals surface area contributed by atoms with E-state index in [0.29, 0.717) is 47.0 Å². The fraction of sp³-hybridized carbons (Fsp3) is 0.370. The lowest BCUT2D eigenvalue weighted by atomic mass is 9.82. The molecule has 0 bridgehead atoms. The molecule has 0 unspecified atom stereocenters. The third-order valence-corrected chi connectivity index (χ3v) is 8.68. The van der Waals surface area contributed by atoms with E-state index in [2.05, 4.69) is 15.3 Å². The molecule has 0 aliphatic carbocycles. The zero-order chi connectivity index (χ0) is 28.8. The summed E-state index contributed by atoms with van der Waals surface area (Å²) < 4.78 is 52.7. The van der Waals surface area contributed by atoms with Gasteiger partial charge in [-0.05, 0) is 75.9 Å². The van der Waals surface area contributed by atoms with Crippen LogP contribution in [0.15, 0.2) is 48.7 Å². The van der Waals surface area contributed by atoms with Crippen molar-refractivity contribution in [3.63, 3.8) is 0 Å². The van der Waals surface area contributed by atoms with Gasteiger partial charge in [-0.15, -0.1) is 0 Å². The van der Waals surface area contributed by atoms with Gasteiger partial charge in [-0.2, -0.15) is 18.2 Å². The number of nitrogens with one attached hydrogen (secondary N) is 1. The monoisotopic (exact) mass is 579 g/mol. The zero-order valence-electron chi connectivity index (χ0n) is 22.3. The van der Waals surface area contributed by atoms with Gasteiger partial charge in [0, 0.05) is 24.1 Å². The first-order valence-electron chi connectivity index (χ1n) is 12.4. The van der Waals surface area contributed by atoms with Crippen molar-refractivity contribution in [3.05, 3.63) is 64.8 Å². The first-order valence-corrected chi connectivity index (χ1v) is 15.4. The Morgan fingerprint density at radius 1 is 1.21 bits per heavy atom. The van der Waals surface area contributed by atoms with Gasteiger partial charge >= 0.3 is 12.1 Å². The van der Waals surface area contributed by atoms with E-state index in [1.807, 2.05) is 31.2 Å². The van der Waals surface area contributed by atoms with Crippen molar-refractivity contribution < 1.29 is 22.5 Å². The van der Waals surface area contributed by atoms with Gasteiger partial charge in [0.05, 0.1) is 17.4 Å². The molecular formula is C27H30ClF3N5O2P. The summed E-state index contributed by atoms with van der Waals surface area (Å²) in [7, 11) is -2.60. The molecule has 4 rings (SSSR count). The van der Waals surface area contributed by atoms with Crippen molar-refractivity contribution >= 4 is 53.1 Å². The van der Waals surface area contributed by atoms with Crippen LogP contribution < -0.4 is 15.5 Å². The number of benzene rings is 2. The normalized spacial score (nSPS) is 15.1. The van der Waals surface area contributed by atoms with Gasteiger partial charge in [-0.1, -0.05) is 29.8 Å². The Morgan fingerprint density at radius 2 is 1.90 bits per heavy atom. The van der Waals surface area contributed by atoms with Crippen LogP contribution in [0.5, 0.6) is 0 Å². The van der Waals surface area contributed by atoms with Crippen LogP contribution in [-0.2, 0) is 21.3 Å². The summed E-state index contributed by atoms with van der Waals surface area (Å²) in [5, 5.41) is 4.10. The van der Waals surface area contributed by atoms with E-state index in [9.17, 15) is 22.5 Å². The second-order valence-electron chi connectivity index (χ2n) is 10.2. The number of anilines is 4. The minimum absolute atomic E-state index is 0.0194. The maximum atomic E-state index is 13.3. The number of carbonyl (C=O) groups excluding carboxylic acids is 1. The van der Waals surface area contributed by atoms with Crippen LogP contribution in [0, 0.1) is 0 Å². The lowest BCUT2D eigenvalue weighted by molar-refractivity contribution is -0.191. The Labute approximate surface area is 230 Å². The van der Waals surface area contributed by atoms with Crippen LogP contribution in [0.3, 0.4) is 0 Å². The van der Waals surface area contributed by atoms with Crippen molar-refractivity contribution in [2.24, 2.45) is 0 Å². The molecule has 1 aliphatic heterocycles. The molecule has 1 amide bonds. The molecule has 1 aromatic heterocycles. The largest absolute Gasteiger partial charge is 0.471 e. The Hall–Kier alpha value is -3.10. The lowest BCUT2D eigenvalue weighted by Crippen LogP contribution is -2.54. The van der Waals surface area contributed by atoms with E-state index in [-0.39, 0.29) is 11.6 Å². The van der Waals surface area contributed by atoms with Gasteiger partial charge in [-0.3, -0.25) is 4.79 Å². The highest BCUT2D eigenvalue weighted by molar-refractivity contribution is 7.70. The minimum Gasteiger partial charge on any atom is -0.338 e. The summed E-state index contributed by atoms with van der Waals surface area (Å²) in [6.07, 6.45) is -3.18. The number of amides is 1. The molecule has 0 saturated heterocycles. The standard InChI is InChI=1S/C27H30ClF3N5O2P/c1-6-35(18-12-11-17-13-14-36(24(37)27(29,30)31)26(2,3)19(17)15-18)25-32-16-20(28)23(34-25)33-21-9-7-8-10-22(21)39(4,5)38/h7-12,15-16H,6,13-14H2,1-5H3,(H,32,33,34). The van der Waals surface area contributed by atoms with E-state index in [1.54, 1.807) is 50.3 Å². The van der Waals surface area contributed by atoms with Crippen molar-refractivity contribution in [3.8, 4) is 0 Å². The number of hydrogen-bond acceptors (Lipinski definition) is 6. The molecule has 2 aromatic carbocycles. The number of carbonyl (C=O) groups is 1. The van der Waals surface area contributed by atoms with E-state index in [1.165, 1.54) is 6.20 Å². The van der Waals surface area contributed by atoms with Gasteiger partial charge in [0.25, 0.3) is 0 Å². The van der Waals surface area contributed by atoms with Gasteiger partial charge in [0.2, 0.25) is 5.95 Å². The van der Waals surface area contributed by atoms with E-state index < -0.39 is 24.8 Å². The average Bonchev–Trinajstić information content (AvgIpc) is 2.85. The zero-order valence-corrected chi connectivity index (χ0v) is 24.0. The van der Waals surface area contributed by atoms with E-state index in [0.717, 1.165) is 10.5 Å². The van der Waals surface area contributed by atoms with Crippen LogP contribution in [0.1, 0.15) is 31.9 Å². The summed E-state index contributed by atoms with van der Waals surface area (Å²) in [5.41, 5.74) is 1.60. The summed E-state index contributed by atoms with van der Waals surface area (Å²) in [6, 6.07) is 12.7. The molecule has 0 saturated carbocycles. The first-order chi connectivity index (χ1) is 18.1. The van der Waals surface area contributed by atoms with Crippen molar-refractivity contribution in [2.75, 3.05) is 36.6 Å². The average molecular weight is 580 g/mol. The number of halogens is 4. The number of hydrogen-bond donors (Lipinski definition) is 1. The van der Waals surface area contributed by atoms with Crippen LogP contribution in [0.25, 0.3) is 0 Å². The molecular weight excluding hydrogens is 550 g/mol. The summed E-state index contributed by atoms with van der Waals surface area (Å²) in [4.78, 5) is 23.9. The highest BCUT2D eigenvalue weighted by Gasteiger charge is 2.49. The predicted molar refractivity (Wildman–Crippen MR) is 149 cm³/mol. The van der Waals surface area contributed by atoms with Crippen LogP contribution in [0.4, 0.5) is 36.3 Å².